The second kappa shape index (κ2) is 5.15. The van der Waals surface area contributed by atoms with Crippen LogP contribution in [0.25, 0.3) is 0 Å². The van der Waals surface area contributed by atoms with E-state index in [1.54, 1.807) is 24.3 Å². The average Bonchev–Trinajstić information content (AvgIpc) is 2.73. The lowest BCUT2D eigenvalue weighted by atomic mass is 10.2. The van der Waals surface area contributed by atoms with Crippen LogP contribution >= 0.6 is 11.6 Å². The molecule has 88 valence electrons. The fourth-order valence-corrected chi connectivity index (χ4v) is 1.89. The van der Waals surface area contributed by atoms with Crippen LogP contribution in [0, 0.1) is 0 Å². The zero-order chi connectivity index (χ0) is 12.3. The van der Waals surface area contributed by atoms with E-state index in [1.165, 1.54) is 5.57 Å². The van der Waals surface area contributed by atoms with Crippen molar-refractivity contribution in [1.82, 2.24) is 5.43 Å². The Morgan fingerprint density at radius 3 is 2.76 bits per heavy atom. The largest absolute Gasteiger partial charge is 0.272 e. The van der Waals surface area contributed by atoms with Crippen molar-refractivity contribution in [1.29, 1.82) is 0 Å². The number of hydrogen-bond acceptors (Lipinski definition) is 2. The van der Waals surface area contributed by atoms with Gasteiger partial charge in [0.25, 0.3) is 5.91 Å². The topological polar surface area (TPSA) is 41.5 Å². The van der Waals surface area contributed by atoms with Crippen LogP contribution in [0.2, 0.25) is 5.02 Å². The van der Waals surface area contributed by atoms with Gasteiger partial charge in [-0.1, -0.05) is 29.3 Å². The minimum atomic E-state index is -0.277. The second-order valence-corrected chi connectivity index (χ2v) is 4.42. The first-order chi connectivity index (χ1) is 8.16. The van der Waals surface area contributed by atoms with Crippen LogP contribution in [0.4, 0.5) is 0 Å². The molecular formula is C13H13ClN2O. The lowest BCUT2D eigenvalue weighted by Gasteiger charge is -2.02. The Morgan fingerprint density at radius 2 is 2.12 bits per heavy atom. The highest BCUT2D eigenvalue weighted by molar-refractivity contribution is 6.33. The van der Waals surface area contributed by atoms with E-state index in [2.05, 4.69) is 17.5 Å². The smallest absolute Gasteiger partial charge is 0.267 e. The van der Waals surface area contributed by atoms with Gasteiger partial charge in [0, 0.05) is 0 Å². The molecule has 0 unspecified atom stereocenters. The Morgan fingerprint density at radius 1 is 1.35 bits per heavy atom. The monoisotopic (exact) mass is 248 g/mol. The molecule has 1 aliphatic carbocycles. The minimum Gasteiger partial charge on any atom is -0.267 e. The SMILES string of the molecule is CC1=C/C(=N/NC(=O)c2ccccc2Cl)CC1. The summed E-state index contributed by atoms with van der Waals surface area (Å²) in [6.45, 7) is 2.05. The molecule has 0 radical (unpaired) electrons. The van der Waals surface area contributed by atoms with Crippen molar-refractivity contribution in [2.45, 2.75) is 19.8 Å². The zero-order valence-corrected chi connectivity index (χ0v) is 10.3. The van der Waals surface area contributed by atoms with E-state index in [4.69, 9.17) is 11.6 Å². The van der Waals surface area contributed by atoms with Crippen LogP contribution in [-0.2, 0) is 0 Å². The summed E-state index contributed by atoms with van der Waals surface area (Å²) in [5.41, 5.74) is 5.16. The number of carbonyl (C=O) groups excluding carboxylic acids is 1. The summed E-state index contributed by atoms with van der Waals surface area (Å²) in [7, 11) is 0. The van der Waals surface area contributed by atoms with E-state index in [-0.39, 0.29) is 5.91 Å². The van der Waals surface area contributed by atoms with Gasteiger partial charge in [0.05, 0.1) is 16.3 Å². The third-order valence-corrected chi connectivity index (χ3v) is 2.94. The van der Waals surface area contributed by atoms with Crippen molar-refractivity contribution in [2.24, 2.45) is 5.10 Å². The van der Waals surface area contributed by atoms with E-state index in [9.17, 15) is 4.79 Å². The highest BCUT2D eigenvalue weighted by atomic mass is 35.5. The van der Waals surface area contributed by atoms with Gasteiger partial charge in [-0.2, -0.15) is 5.10 Å². The molecule has 1 amide bonds. The fourth-order valence-electron chi connectivity index (χ4n) is 1.67. The van der Waals surface area contributed by atoms with Gasteiger partial charge in [0.1, 0.15) is 0 Å². The van der Waals surface area contributed by atoms with Crippen molar-refractivity contribution in [3.8, 4) is 0 Å². The molecule has 17 heavy (non-hydrogen) atoms. The molecule has 4 heteroatoms. The van der Waals surface area contributed by atoms with Gasteiger partial charge < -0.3 is 0 Å². The van der Waals surface area contributed by atoms with Crippen LogP contribution in [-0.4, -0.2) is 11.6 Å². The molecule has 0 spiro atoms. The molecule has 2 rings (SSSR count). The van der Waals surface area contributed by atoms with E-state index in [0.29, 0.717) is 10.6 Å². The number of carbonyl (C=O) groups is 1. The summed E-state index contributed by atoms with van der Waals surface area (Å²) in [4.78, 5) is 11.8. The predicted octanol–water partition coefficient (Wildman–Crippen LogP) is 3.17. The molecule has 1 aromatic carbocycles. The number of amides is 1. The number of hydrogen-bond donors (Lipinski definition) is 1. The molecule has 1 aliphatic rings. The van der Waals surface area contributed by atoms with Crippen molar-refractivity contribution < 1.29 is 4.79 Å². The molecule has 0 saturated carbocycles. The summed E-state index contributed by atoms with van der Waals surface area (Å²) in [5, 5.41) is 4.51. The lowest BCUT2D eigenvalue weighted by Crippen LogP contribution is -2.19. The Labute approximate surface area is 105 Å². The number of halogens is 1. The van der Waals surface area contributed by atoms with E-state index in [0.717, 1.165) is 18.6 Å². The average molecular weight is 249 g/mol. The Kier molecular flexibility index (Phi) is 3.59. The summed E-state index contributed by atoms with van der Waals surface area (Å²) >= 11 is 5.92. The number of nitrogens with one attached hydrogen (secondary N) is 1. The normalized spacial score (nSPS) is 17.1. The number of allylic oxidation sites excluding steroid dienone is 2. The van der Waals surface area contributed by atoms with Crippen LogP contribution in [0.1, 0.15) is 30.1 Å². The first-order valence-electron chi connectivity index (χ1n) is 5.45. The van der Waals surface area contributed by atoms with Crippen molar-refractivity contribution >= 4 is 23.2 Å². The van der Waals surface area contributed by atoms with Gasteiger partial charge in [-0.15, -0.1) is 0 Å². The quantitative estimate of drug-likeness (QED) is 0.803. The first-order valence-corrected chi connectivity index (χ1v) is 5.83. The number of nitrogens with zero attached hydrogens (tertiary/aromatic N) is 1. The second-order valence-electron chi connectivity index (χ2n) is 4.01. The van der Waals surface area contributed by atoms with Crippen molar-refractivity contribution in [2.75, 3.05) is 0 Å². The Balaban J connectivity index is 2.06. The summed E-state index contributed by atoms with van der Waals surface area (Å²) < 4.78 is 0. The molecule has 3 nitrogen and oxygen atoms in total. The summed E-state index contributed by atoms with van der Waals surface area (Å²) in [5.74, 6) is -0.277. The molecule has 0 saturated heterocycles. The molecule has 0 aromatic heterocycles. The standard InChI is InChI=1S/C13H13ClN2O/c1-9-6-7-10(8-9)15-16-13(17)11-4-2-3-5-12(11)14/h2-5,8H,6-7H2,1H3,(H,16,17)/b15-10+. The third-order valence-electron chi connectivity index (χ3n) is 2.61. The van der Waals surface area contributed by atoms with Gasteiger partial charge in [-0.3, -0.25) is 4.79 Å². The fraction of sp³-hybridized carbons (Fsp3) is 0.231. The highest BCUT2D eigenvalue weighted by Crippen LogP contribution is 2.16. The predicted molar refractivity (Wildman–Crippen MR) is 69.3 cm³/mol. The first kappa shape index (κ1) is 11.9. The summed E-state index contributed by atoms with van der Waals surface area (Å²) in [6.07, 6.45) is 3.89. The van der Waals surface area contributed by atoms with Crippen LogP contribution < -0.4 is 5.43 Å². The molecular weight excluding hydrogens is 236 g/mol. The molecule has 1 aromatic rings. The van der Waals surface area contributed by atoms with E-state index < -0.39 is 0 Å². The number of hydrazone groups is 1. The maximum atomic E-state index is 11.8. The highest BCUT2D eigenvalue weighted by Gasteiger charge is 2.10. The van der Waals surface area contributed by atoms with Crippen LogP contribution in [0.15, 0.2) is 41.0 Å². The number of rotatable bonds is 2. The van der Waals surface area contributed by atoms with E-state index in [1.807, 2.05) is 6.08 Å². The Bertz CT molecular complexity index is 506. The van der Waals surface area contributed by atoms with E-state index >= 15 is 0 Å². The summed E-state index contributed by atoms with van der Waals surface area (Å²) in [6, 6.07) is 6.92. The molecule has 0 aliphatic heterocycles. The van der Waals surface area contributed by atoms with Crippen molar-refractivity contribution in [3.05, 3.63) is 46.5 Å². The molecule has 0 fully saturated rings. The van der Waals surface area contributed by atoms with Gasteiger partial charge in [0.2, 0.25) is 0 Å². The van der Waals surface area contributed by atoms with Gasteiger partial charge in [0.15, 0.2) is 0 Å². The molecule has 0 atom stereocenters. The third kappa shape index (κ3) is 2.94. The number of benzene rings is 1. The van der Waals surface area contributed by atoms with Gasteiger partial charge in [-0.05, 0) is 38.0 Å². The molecule has 1 N–H and O–H groups in total. The van der Waals surface area contributed by atoms with Crippen molar-refractivity contribution in [3.63, 3.8) is 0 Å². The van der Waals surface area contributed by atoms with Crippen LogP contribution in [0.3, 0.4) is 0 Å². The van der Waals surface area contributed by atoms with Crippen LogP contribution in [0.5, 0.6) is 0 Å². The zero-order valence-electron chi connectivity index (χ0n) is 9.53. The van der Waals surface area contributed by atoms with Gasteiger partial charge >= 0.3 is 0 Å². The maximum absolute atomic E-state index is 11.8. The lowest BCUT2D eigenvalue weighted by molar-refractivity contribution is 0.0955. The molecule has 0 bridgehead atoms. The van der Waals surface area contributed by atoms with Gasteiger partial charge in [-0.25, -0.2) is 5.43 Å². The Hall–Kier alpha value is -1.61. The minimum absolute atomic E-state index is 0.277. The molecule has 0 heterocycles. The maximum Gasteiger partial charge on any atom is 0.272 e.